The summed E-state index contributed by atoms with van der Waals surface area (Å²) in [5.74, 6) is 0.694. The maximum absolute atomic E-state index is 12.8. The molecule has 0 spiro atoms. The molecule has 1 N–H and O–H groups in total. The second-order valence-corrected chi connectivity index (χ2v) is 9.07. The molecule has 0 aliphatic carbocycles. The number of imidazole rings is 1. The Morgan fingerprint density at radius 2 is 1.94 bits per heavy atom. The number of sulfonamides is 1. The number of nitrogens with zero attached hydrogens (tertiary/aromatic N) is 3. The third-order valence-corrected chi connectivity index (χ3v) is 7.13. The largest absolute Gasteiger partial charge is 0.382 e. The summed E-state index contributed by atoms with van der Waals surface area (Å²) in [4.78, 5) is 16.9. The zero-order chi connectivity index (χ0) is 22.9. The molecule has 1 aromatic heterocycles. The topological polar surface area (TPSA) is 103 Å². The lowest BCUT2D eigenvalue weighted by atomic mass is 10.2. The zero-order valence-electron chi connectivity index (χ0n) is 18.9. The van der Waals surface area contributed by atoms with Crippen molar-refractivity contribution >= 4 is 27.0 Å². The number of benzene rings is 1. The van der Waals surface area contributed by atoms with Gasteiger partial charge in [-0.05, 0) is 24.6 Å². The van der Waals surface area contributed by atoms with Crippen molar-refractivity contribution in [2.75, 3.05) is 46.6 Å². The van der Waals surface area contributed by atoms with Gasteiger partial charge in [0.05, 0.1) is 29.1 Å². The van der Waals surface area contributed by atoms with Crippen LogP contribution in [0.1, 0.15) is 32.5 Å². The van der Waals surface area contributed by atoms with E-state index >= 15 is 0 Å². The van der Waals surface area contributed by atoms with Crippen LogP contribution in [-0.2, 0) is 37.8 Å². The number of carbonyl (C=O) groups is 1. The molecule has 174 valence electrons. The van der Waals surface area contributed by atoms with E-state index < -0.39 is 10.0 Å². The van der Waals surface area contributed by atoms with Crippen molar-refractivity contribution in [2.24, 2.45) is 7.05 Å². The Hall–Kier alpha value is -2.01. The molecule has 1 aromatic carbocycles. The maximum atomic E-state index is 12.8. The van der Waals surface area contributed by atoms with Crippen LogP contribution in [0.2, 0.25) is 0 Å². The van der Waals surface area contributed by atoms with Crippen molar-refractivity contribution in [3.63, 3.8) is 0 Å². The minimum atomic E-state index is -3.54. The molecule has 0 aliphatic heterocycles. The molecule has 0 atom stereocenters. The van der Waals surface area contributed by atoms with Gasteiger partial charge in [-0.2, -0.15) is 4.31 Å². The highest BCUT2D eigenvalue weighted by molar-refractivity contribution is 7.89. The van der Waals surface area contributed by atoms with E-state index in [1.54, 1.807) is 25.3 Å². The Morgan fingerprint density at radius 3 is 2.61 bits per heavy atom. The Kier molecular flexibility index (Phi) is 9.89. The predicted molar refractivity (Wildman–Crippen MR) is 119 cm³/mol. The van der Waals surface area contributed by atoms with Gasteiger partial charge in [0.25, 0.3) is 0 Å². The van der Waals surface area contributed by atoms with E-state index in [9.17, 15) is 13.2 Å². The number of ether oxygens (including phenoxy) is 2. The third-order valence-electron chi connectivity index (χ3n) is 5.08. The Balaban J connectivity index is 1.95. The van der Waals surface area contributed by atoms with Crippen LogP contribution in [0.5, 0.6) is 0 Å². The van der Waals surface area contributed by atoms with Gasteiger partial charge < -0.3 is 19.4 Å². The Morgan fingerprint density at radius 1 is 1.19 bits per heavy atom. The Labute approximate surface area is 184 Å². The number of hydrogen-bond acceptors (Lipinski definition) is 6. The molecule has 31 heavy (non-hydrogen) atoms. The standard InChI is InChI=1S/C21H34N4O5S/c1-5-25(6-2)31(27,28)17-8-9-19-18(16-17)23-20(24(19)3)10-11-21(26)22-12-7-13-30-15-14-29-4/h8-9,16H,5-7,10-15H2,1-4H3,(H,22,26). The molecule has 0 bridgehead atoms. The maximum Gasteiger partial charge on any atom is 0.243 e. The van der Waals surface area contributed by atoms with Gasteiger partial charge >= 0.3 is 0 Å². The van der Waals surface area contributed by atoms with Crippen LogP contribution in [0, 0.1) is 0 Å². The summed E-state index contributed by atoms with van der Waals surface area (Å²) >= 11 is 0. The summed E-state index contributed by atoms with van der Waals surface area (Å²) in [5.41, 5.74) is 1.45. The zero-order valence-corrected chi connectivity index (χ0v) is 19.7. The molecule has 2 rings (SSSR count). The fourth-order valence-corrected chi connectivity index (χ4v) is 4.76. The van der Waals surface area contributed by atoms with Gasteiger partial charge in [-0.25, -0.2) is 13.4 Å². The highest BCUT2D eigenvalue weighted by Gasteiger charge is 2.22. The van der Waals surface area contributed by atoms with Crippen molar-refractivity contribution in [3.8, 4) is 0 Å². The number of aromatic nitrogens is 2. The van der Waals surface area contributed by atoms with E-state index in [1.807, 2.05) is 25.5 Å². The van der Waals surface area contributed by atoms with Gasteiger partial charge in [0.15, 0.2) is 0 Å². The predicted octanol–water partition coefficient (Wildman–Crippen LogP) is 1.71. The molecule has 10 heteroatoms. The SMILES string of the molecule is CCN(CC)S(=O)(=O)c1ccc2c(c1)nc(CCC(=O)NCCCOCCOC)n2C. The van der Waals surface area contributed by atoms with Gasteiger partial charge in [0.2, 0.25) is 15.9 Å². The van der Waals surface area contributed by atoms with Crippen molar-refractivity contribution in [3.05, 3.63) is 24.0 Å². The highest BCUT2D eigenvalue weighted by atomic mass is 32.2. The minimum absolute atomic E-state index is 0.0475. The summed E-state index contributed by atoms with van der Waals surface area (Å²) in [6.45, 7) is 6.71. The van der Waals surface area contributed by atoms with E-state index in [2.05, 4.69) is 10.3 Å². The van der Waals surface area contributed by atoms with E-state index in [1.165, 1.54) is 4.31 Å². The fourth-order valence-electron chi connectivity index (χ4n) is 3.29. The molecule has 0 radical (unpaired) electrons. The first-order valence-electron chi connectivity index (χ1n) is 10.6. The number of carbonyl (C=O) groups excluding carboxylic acids is 1. The summed E-state index contributed by atoms with van der Waals surface area (Å²) in [6, 6.07) is 4.99. The molecule has 9 nitrogen and oxygen atoms in total. The van der Waals surface area contributed by atoms with E-state index in [0.717, 1.165) is 17.8 Å². The monoisotopic (exact) mass is 454 g/mol. The van der Waals surface area contributed by atoms with Crippen LogP contribution < -0.4 is 5.32 Å². The molecule has 1 heterocycles. The third kappa shape index (κ3) is 6.73. The molecule has 0 aliphatic rings. The van der Waals surface area contributed by atoms with E-state index in [4.69, 9.17) is 9.47 Å². The number of methoxy groups -OCH3 is 1. The van der Waals surface area contributed by atoms with Gasteiger partial charge in [-0.1, -0.05) is 13.8 Å². The molecule has 1 amide bonds. The lowest BCUT2D eigenvalue weighted by Crippen LogP contribution is -2.30. The quantitative estimate of drug-likeness (QED) is 0.436. The number of fused-ring (bicyclic) bond motifs is 1. The van der Waals surface area contributed by atoms with Crippen molar-refractivity contribution < 1.29 is 22.7 Å². The summed E-state index contributed by atoms with van der Waals surface area (Å²) in [5, 5.41) is 2.88. The first kappa shape index (κ1) is 25.3. The number of amides is 1. The number of nitrogens with one attached hydrogen (secondary N) is 1. The first-order chi connectivity index (χ1) is 14.8. The molecule has 0 unspecified atom stereocenters. The van der Waals surface area contributed by atoms with Gasteiger partial charge in [0.1, 0.15) is 5.82 Å². The highest BCUT2D eigenvalue weighted by Crippen LogP contribution is 2.22. The lowest BCUT2D eigenvalue weighted by Gasteiger charge is -2.18. The minimum Gasteiger partial charge on any atom is -0.382 e. The molecule has 0 fully saturated rings. The van der Waals surface area contributed by atoms with E-state index in [0.29, 0.717) is 57.8 Å². The second-order valence-electron chi connectivity index (χ2n) is 7.14. The average Bonchev–Trinajstić information content (AvgIpc) is 3.07. The summed E-state index contributed by atoms with van der Waals surface area (Å²) in [7, 11) is -0.0399. The van der Waals surface area contributed by atoms with Crippen LogP contribution in [-0.4, -0.2) is 74.7 Å². The van der Waals surface area contributed by atoms with Gasteiger partial charge in [-0.15, -0.1) is 0 Å². The normalized spacial score (nSPS) is 12.0. The lowest BCUT2D eigenvalue weighted by molar-refractivity contribution is -0.121. The van der Waals surface area contributed by atoms with Crippen LogP contribution in [0.15, 0.2) is 23.1 Å². The first-order valence-corrected chi connectivity index (χ1v) is 12.1. The van der Waals surface area contributed by atoms with Crippen LogP contribution in [0.25, 0.3) is 11.0 Å². The van der Waals surface area contributed by atoms with Crippen LogP contribution in [0.4, 0.5) is 0 Å². The summed E-state index contributed by atoms with van der Waals surface area (Å²) < 4.78 is 39.1. The van der Waals surface area contributed by atoms with Gasteiger partial charge in [-0.3, -0.25) is 4.79 Å². The van der Waals surface area contributed by atoms with Crippen molar-refractivity contribution in [1.82, 2.24) is 19.2 Å². The number of aryl methyl sites for hydroxylation is 2. The molecular weight excluding hydrogens is 420 g/mol. The molecule has 2 aromatic rings. The second kappa shape index (κ2) is 12.1. The number of rotatable bonds is 14. The van der Waals surface area contributed by atoms with E-state index in [-0.39, 0.29) is 10.8 Å². The van der Waals surface area contributed by atoms with Crippen LogP contribution >= 0.6 is 0 Å². The molecule has 0 saturated carbocycles. The molecule has 0 saturated heterocycles. The average molecular weight is 455 g/mol. The molecular formula is C21H34N4O5S. The Bertz CT molecular complexity index is 954. The van der Waals surface area contributed by atoms with Crippen LogP contribution in [0.3, 0.4) is 0 Å². The number of hydrogen-bond donors (Lipinski definition) is 1. The summed E-state index contributed by atoms with van der Waals surface area (Å²) in [6.07, 6.45) is 1.53. The fraction of sp³-hybridized carbons (Fsp3) is 0.619. The van der Waals surface area contributed by atoms with Crippen molar-refractivity contribution in [1.29, 1.82) is 0 Å². The smallest absolute Gasteiger partial charge is 0.243 e. The van der Waals surface area contributed by atoms with Gasteiger partial charge in [0, 0.05) is 53.2 Å². The van der Waals surface area contributed by atoms with Crippen molar-refractivity contribution in [2.45, 2.75) is 38.0 Å².